The van der Waals surface area contributed by atoms with Crippen LogP contribution in [-0.4, -0.2) is 46.6 Å². The summed E-state index contributed by atoms with van der Waals surface area (Å²) in [6.07, 6.45) is 1.02. The zero-order valence-electron chi connectivity index (χ0n) is 16.9. The quantitative estimate of drug-likeness (QED) is 0.675. The van der Waals surface area contributed by atoms with Gasteiger partial charge in [-0.3, -0.25) is 4.90 Å². The van der Waals surface area contributed by atoms with Crippen molar-refractivity contribution in [1.29, 1.82) is 0 Å². The fourth-order valence-corrected chi connectivity index (χ4v) is 4.13. The number of aromatic nitrogens is 1. The van der Waals surface area contributed by atoms with Gasteiger partial charge in [-0.2, -0.15) is 4.98 Å². The molecule has 3 aromatic rings. The monoisotopic (exact) mass is 393 g/mol. The van der Waals surface area contributed by atoms with Gasteiger partial charge in [-0.25, -0.2) is 4.79 Å². The number of carboxylic acid groups (broad SMARTS) is 1. The minimum Gasteiger partial charge on any atom is -0.478 e. The maximum absolute atomic E-state index is 11.5. The van der Waals surface area contributed by atoms with Crippen LogP contribution < -0.4 is 4.90 Å². The molecule has 1 aliphatic rings. The molecule has 1 unspecified atom stereocenters. The van der Waals surface area contributed by atoms with Crippen LogP contribution in [0.3, 0.4) is 0 Å². The highest BCUT2D eigenvalue weighted by atomic mass is 16.4. The van der Waals surface area contributed by atoms with Crippen LogP contribution in [0.2, 0.25) is 0 Å². The number of anilines is 1. The van der Waals surface area contributed by atoms with Crippen LogP contribution in [0.1, 0.15) is 36.2 Å². The van der Waals surface area contributed by atoms with Crippen LogP contribution >= 0.6 is 0 Å². The maximum Gasteiger partial charge on any atom is 0.338 e. The molecular formula is C23H27N3O3. The summed E-state index contributed by atoms with van der Waals surface area (Å²) < 4.78 is 6.00. The van der Waals surface area contributed by atoms with Gasteiger partial charge >= 0.3 is 5.97 Å². The van der Waals surface area contributed by atoms with Crippen LogP contribution in [0.5, 0.6) is 0 Å². The van der Waals surface area contributed by atoms with Crippen LogP contribution in [0.25, 0.3) is 11.1 Å². The van der Waals surface area contributed by atoms with E-state index in [0.29, 0.717) is 23.0 Å². The number of piperazine rings is 1. The predicted octanol–water partition coefficient (Wildman–Crippen LogP) is 4.26. The standard InChI is InChI=1S/C23H27N3O3/c1-16(2)13-18-15-25(14-17-7-4-3-5-8-17)11-12-26(18)23-24-21-19(22(27)28)9-6-10-20(21)29-23/h3-10,16,18H,11-15H2,1-2H3,(H,27,28). The Hall–Kier alpha value is -2.86. The molecule has 0 bridgehead atoms. The molecule has 6 heteroatoms. The molecule has 0 saturated carbocycles. The molecule has 0 spiro atoms. The fraction of sp³-hybridized carbons (Fsp3) is 0.391. The largest absolute Gasteiger partial charge is 0.478 e. The van der Waals surface area contributed by atoms with Crippen molar-refractivity contribution in [3.05, 3.63) is 59.7 Å². The Labute approximate surface area is 170 Å². The van der Waals surface area contributed by atoms with E-state index in [1.54, 1.807) is 18.2 Å². The van der Waals surface area contributed by atoms with Gasteiger partial charge in [0.05, 0.1) is 5.56 Å². The average molecular weight is 393 g/mol. The lowest BCUT2D eigenvalue weighted by molar-refractivity contribution is 0.0699. The molecule has 4 rings (SSSR count). The van der Waals surface area contributed by atoms with Crippen LogP contribution in [0, 0.1) is 5.92 Å². The molecule has 1 aromatic heterocycles. The van der Waals surface area contributed by atoms with Gasteiger partial charge < -0.3 is 14.4 Å². The summed E-state index contributed by atoms with van der Waals surface area (Å²) in [5.41, 5.74) is 2.44. The molecule has 1 atom stereocenters. The highest BCUT2D eigenvalue weighted by Gasteiger charge is 2.31. The number of nitrogens with zero attached hydrogens (tertiary/aromatic N) is 3. The van der Waals surface area contributed by atoms with Gasteiger partial charge in [0.2, 0.25) is 0 Å². The number of para-hydroxylation sites is 1. The molecule has 1 aliphatic heterocycles. The summed E-state index contributed by atoms with van der Waals surface area (Å²) in [4.78, 5) is 20.8. The Kier molecular flexibility index (Phi) is 5.53. The summed E-state index contributed by atoms with van der Waals surface area (Å²) in [5.74, 6) is -0.444. The fourth-order valence-electron chi connectivity index (χ4n) is 4.13. The van der Waals surface area contributed by atoms with E-state index in [2.05, 4.69) is 52.9 Å². The minimum atomic E-state index is -0.984. The van der Waals surface area contributed by atoms with Crippen molar-refractivity contribution in [2.24, 2.45) is 5.92 Å². The molecule has 2 heterocycles. The van der Waals surface area contributed by atoms with Gasteiger partial charge in [-0.15, -0.1) is 0 Å². The predicted molar refractivity (Wildman–Crippen MR) is 113 cm³/mol. The van der Waals surface area contributed by atoms with Gasteiger partial charge in [0, 0.05) is 32.2 Å². The van der Waals surface area contributed by atoms with Gasteiger partial charge in [0.15, 0.2) is 5.58 Å². The topological polar surface area (TPSA) is 69.8 Å². The van der Waals surface area contributed by atoms with E-state index in [1.165, 1.54) is 5.56 Å². The summed E-state index contributed by atoms with van der Waals surface area (Å²) in [5, 5.41) is 9.45. The van der Waals surface area contributed by atoms with Crippen molar-refractivity contribution in [3.63, 3.8) is 0 Å². The Balaban J connectivity index is 1.58. The van der Waals surface area contributed by atoms with E-state index in [9.17, 15) is 9.90 Å². The zero-order valence-corrected chi connectivity index (χ0v) is 16.9. The summed E-state index contributed by atoms with van der Waals surface area (Å²) in [6.45, 7) is 8.02. The van der Waals surface area contributed by atoms with Crippen LogP contribution in [0.15, 0.2) is 52.9 Å². The number of aromatic carboxylic acids is 1. The number of rotatable bonds is 6. The number of benzene rings is 2. The second-order valence-corrected chi connectivity index (χ2v) is 8.15. The Morgan fingerprint density at radius 2 is 1.97 bits per heavy atom. The van der Waals surface area contributed by atoms with Crippen molar-refractivity contribution < 1.29 is 14.3 Å². The lowest BCUT2D eigenvalue weighted by atomic mass is 10.00. The van der Waals surface area contributed by atoms with E-state index < -0.39 is 5.97 Å². The molecule has 1 fully saturated rings. The van der Waals surface area contributed by atoms with Gasteiger partial charge in [-0.1, -0.05) is 50.2 Å². The van der Waals surface area contributed by atoms with Gasteiger partial charge in [0.1, 0.15) is 5.52 Å². The van der Waals surface area contributed by atoms with Crippen molar-refractivity contribution in [1.82, 2.24) is 9.88 Å². The molecule has 2 aromatic carbocycles. The van der Waals surface area contributed by atoms with Crippen molar-refractivity contribution in [2.75, 3.05) is 24.5 Å². The first-order valence-corrected chi connectivity index (χ1v) is 10.2. The van der Waals surface area contributed by atoms with Crippen molar-refractivity contribution >= 4 is 23.1 Å². The SMILES string of the molecule is CC(C)CC1CN(Cc2ccccc2)CCN1c1nc2c(C(=O)O)cccc2o1. The van der Waals surface area contributed by atoms with Crippen molar-refractivity contribution in [3.8, 4) is 0 Å². The third-order valence-corrected chi connectivity index (χ3v) is 5.44. The Morgan fingerprint density at radius 3 is 2.69 bits per heavy atom. The molecule has 0 amide bonds. The van der Waals surface area contributed by atoms with E-state index in [-0.39, 0.29) is 11.6 Å². The first kappa shape index (κ1) is 19.5. The third kappa shape index (κ3) is 4.27. The lowest BCUT2D eigenvalue weighted by Crippen LogP contribution is -2.53. The first-order valence-electron chi connectivity index (χ1n) is 10.2. The Bertz CT molecular complexity index is 983. The number of fused-ring (bicyclic) bond motifs is 1. The van der Waals surface area contributed by atoms with Crippen LogP contribution in [0.4, 0.5) is 6.01 Å². The first-order chi connectivity index (χ1) is 14.0. The molecule has 1 N–H and O–H groups in total. The minimum absolute atomic E-state index is 0.181. The summed E-state index contributed by atoms with van der Waals surface area (Å²) in [7, 11) is 0. The molecule has 0 radical (unpaired) electrons. The number of carboxylic acids is 1. The molecule has 6 nitrogen and oxygen atoms in total. The summed E-state index contributed by atoms with van der Waals surface area (Å²) in [6, 6.07) is 16.4. The van der Waals surface area contributed by atoms with Gasteiger partial charge in [0.25, 0.3) is 6.01 Å². The lowest BCUT2D eigenvalue weighted by Gasteiger charge is -2.41. The van der Waals surface area contributed by atoms with E-state index in [0.717, 1.165) is 32.6 Å². The second kappa shape index (κ2) is 8.25. The molecule has 152 valence electrons. The molecule has 0 aliphatic carbocycles. The average Bonchev–Trinajstić information content (AvgIpc) is 3.12. The summed E-state index contributed by atoms with van der Waals surface area (Å²) >= 11 is 0. The second-order valence-electron chi connectivity index (χ2n) is 8.15. The van der Waals surface area contributed by atoms with Crippen molar-refractivity contribution in [2.45, 2.75) is 32.9 Å². The number of hydrogen-bond donors (Lipinski definition) is 1. The van der Waals surface area contributed by atoms with Crippen LogP contribution in [-0.2, 0) is 6.54 Å². The number of hydrogen-bond acceptors (Lipinski definition) is 5. The smallest absolute Gasteiger partial charge is 0.338 e. The zero-order chi connectivity index (χ0) is 20.4. The van der Waals surface area contributed by atoms with E-state index in [1.807, 2.05) is 6.07 Å². The maximum atomic E-state index is 11.5. The highest BCUT2D eigenvalue weighted by molar-refractivity contribution is 6.00. The normalized spacial score (nSPS) is 17.9. The van der Waals surface area contributed by atoms with E-state index >= 15 is 0 Å². The third-order valence-electron chi connectivity index (χ3n) is 5.44. The molecular weight excluding hydrogens is 366 g/mol. The highest BCUT2D eigenvalue weighted by Crippen LogP contribution is 2.29. The number of oxazole rings is 1. The van der Waals surface area contributed by atoms with Gasteiger partial charge in [-0.05, 0) is 30.0 Å². The molecule has 1 saturated heterocycles. The Morgan fingerprint density at radius 1 is 1.17 bits per heavy atom. The molecule has 29 heavy (non-hydrogen) atoms. The number of carbonyl (C=O) groups is 1. The van der Waals surface area contributed by atoms with E-state index in [4.69, 9.17) is 4.42 Å².